The Morgan fingerprint density at radius 2 is 1.80 bits per heavy atom. The average Bonchev–Trinajstić information content (AvgIpc) is 2.93. The van der Waals surface area contributed by atoms with Crippen LogP contribution in [-0.4, -0.2) is 42.6 Å². The monoisotopic (exact) mass is 360 g/mol. The molecule has 0 amide bonds. The molecule has 1 N–H and O–H groups in total. The first-order valence-corrected chi connectivity index (χ1v) is 9.26. The molecule has 3 rings (SSSR count). The highest BCUT2D eigenvalue weighted by Gasteiger charge is 2.44. The molecule has 1 aliphatic rings. The van der Waals surface area contributed by atoms with Crippen molar-refractivity contribution in [2.24, 2.45) is 0 Å². The van der Waals surface area contributed by atoms with Crippen molar-refractivity contribution in [1.29, 1.82) is 0 Å². The molecule has 1 aliphatic heterocycles. The van der Waals surface area contributed by atoms with Crippen molar-refractivity contribution >= 4 is 11.8 Å². The summed E-state index contributed by atoms with van der Waals surface area (Å²) in [6.07, 6.45) is -1.49. The molecule has 1 fully saturated rings. The number of aryl methyl sites for hydroxylation is 1. The topological polar surface area (TPSA) is 47.9 Å². The van der Waals surface area contributed by atoms with Crippen molar-refractivity contribution in [3.05, 3.63) is 65.7 Å². The van der Waals surface area contributed by atoms with E-state index in [0.717, 1.165) is 10.5 Å². The summed E-state index contributed by atoms with van der Waals surface area (Å²) in [7, 11) is 1.60. The van der Waals surface area contributed by atoms with Crippen LogP contribution >= 0.6 is 11.8 Å². The third-order valence-corrected chi connectivity index (χ3v) is 5.53. The summed E-state index contributed by atoms with van der Waals surface area (Å²) >= 11 is 1.58. The Morgan fingerprint density at radius 1 is 1.08 bits per heavy atom. The molecule has 0 spiro atoms. The van der Waals surface area contributed by atoms with E-state index >= 15 is 0 Å². The molecule has 0 unspecified atom stereocenters. The van der Waals surface area contributed by atoms with Crippen LogP contribution < -0.4 is 0 Å². The van der Waals surface area contributed by atoms with E-state index in [-0.39, 0.29) is 5.25 Å². The number of methoxy groups -OCH3 is 1. The van der Waals surface area contributed by atoms with Gasteiger partial charge in [0.05, 0.1) is 24.6 Å². The smallest absolute Gasteiger partial charge is 0.172 e. The van der Waals surface area contributed by atoms with Crippen LogP contribution in [0.2, 0.25) is 0 Å². The maximum Gasteiger partial charge on any atom is 0.172 e. The highest BCUT2D eigenvalue weighted by Crippen LogP contribution is 2.36. The molecule has 0 bridgehead atoms. The summed E-state index contributed by atoms with van der Waals surface area (Å²) in [5.41, 5.74) is 2.31. The number of ether oxygens (including phenoxy) is 3. The highest BCUT2D eigenvalue weighted by molar-refractivity contribution is 8.00. The zero-order chi connectivity index (χ0) is 17.6. The number of hydrogen-bond acceptors (Lipinski definition) is 5. The van der Waals surface area contributed by atoms with Gasteiger partial charge in [-0.2, -0.15) is 0 Å². The molecule has 1 saturated heterocycles. The Kier molecular flexibility index (Phi) is 6.51. The van der Waals surface area contributed by atoms with Crippen molar-refractivity contribution in [2.75, 3.05) is 13.7 Å². The minimum absolute atomic E-state index is 0.182. The molecule has 0 aromatic heterocycles. The fourth-order valence-electron chi connectivity index (χ4n) is 2.80. The van der Waals surface area contributed by atoms with E-state index in [1.807, 2.05) is 30.3 Å². The van der Waals surface area contributed by atoms with Gasteiger partial charge in [0.1, 0.15) is 6.10 Å². The second-order valence-corrected chi connectivity index (χ2v) is 7.42. The van der Waals surface area contributed by atoms with Crippen LogP contribution in [0.15, 0.2) is 59.5 Å². The summed E-state index contributed by atoms with van der Waals surface area (Å²) in [6, 6.07) is 18.2. The average molecular weight is 360 g/mol. The molecule has 0 aliphatic carbocycles. The van der Waals surface area contributed by atoms with Gasteiger partial charge in [0.25, 0.3) is 0 Å². The van der Waals surface area contributed by atoms with Gasteiger partial charge in [-0.15, -0.1) is 11.8 Å². The number of rotatable bonds is 7. The Balaban J connectivity index is 1.56. The fourth-order valence-corrected chi connectivity index (χ4v) is 4.01. The Morgan fingerprint density at radius 3 is 2.48 bits per heavy atom. The van der Waals surface area contributed by atoms with Gasteiger partial charge >= 0.3 is 0 Å². The summed E-state index contributed by atoms with van der Waals surface area (Å²) < 4.78 is 17.0. The van der Waals surface area contributed by atoms with Gasteiger partial charge in [0, 0.05) is 12.0 Å². The molecule has 4 nitrogen and oxygen atoms in total. The first-order chi connectivity index (χ1) is 12.2. The summed E-state index contributed by atoms with van der Waals surface area (Å²) in [6.45, 7) is 2.89. The Bertz CT molecular complexity index is 647. The van der Waals surface area contributed by atoms with Crippen molar-refractivity contribution in [1.82, 2.24) is 0 Å². The molecule has 0 radical (unpaired) electrons. The summed E-state index contributed by atoms with van der Waals surface area (Å²) in [5.74, 6) is 0. The van der Waals surface area contributed by atoms with Crippen LogP contribution in [0.1, 0.15) is 11.1 Å². The van der Waals surface area contributed by atoms with E-state index < -0.39 is 18.5 Å². The van der Waals surface area contributed by atoms with Crippen LogP contribution in [0.4, 0.5) is 0 Å². The van der Waals surface area contributed by atoms with Crippen molar-refractivity contribution < 1.29 is 19.3 Å². The van der Waals surface area contributed by atoms with Gasteiger partial charge in [0.15, 0.2) is 6.29 Å². The summed E-state index contributed by atoms with van der Waals surface area (Å²) in [5, 5.41) is 10.5. The molecule has 2 aromatic carbocycles. The van der Waals surface area contributed by atoms with Gasteiger partial charge in [0.2, 0.25) is 0 Å². The lowest BCUT2D eigenvalue weighted by Crippen LogP contribution is -2.32. The van der Waals surface area contributed by atoms with Crippen LogP contribution in [0.3, 0.4) is 0 Å². The SMILES string of the molecule is CO[C@H]1O[C@H](COCc2ccccc2)[C@@H](O)[C@@H]1Sc1ccc(C)cc1. The summed E-state index contributed by atoms with van der Waals surface area (Å²) in [4.78, 5) is 1.09. The third kappa shape index (κ3) is 4.84. The van der Waals surface area contributed by atoms with E-state index in [4.69, 9.17) is 14.2 Å². The maximum absolute atomic E-state index is 10.7. The lowest BCUT2D eigenvalue weighted by molar-refractivity contribution is -0.133. The first-order valence-electron chi connectivity index (χ1n) is 8.38. The maximum atomic E-state index is 10.7. The van der Waals surface area contributed by atoms with Crippen LogP contribution in [-0.2, 0) is 20.8 Å². The number of hydrogen-bond donors (Lipinski definition) is 1. The predicted octanol–water partition coefficient (Wildman–Crippen LogP) is 3.40. The van der Waals surface area contributed by atoms with Crippen molar-refractivity contribution in [3.8, 4) is 0 Å². The molecule has 0 saturated carbocycles. The predicted molar refractivity (Wildman–Crippen MR) is 98.6 cm³/mol. The third-order valence-electron chi connectivity index (χ3n) is 4.21. The molecule has 2 aromatic rings. The van der Waals surface area contributed by atoms with Gasteiger partial charge in [-0.25, -0.2) is 0 Å². The number of aliphatic hydroxyl groups is 1. The zero-order valence-electron chi connectivity index (χ0n) is 14.5. The second-order valence-electron chi connectivity index (χ2n) is 6.17. The quantitative estimate of drug-likeness (QED) is 0.820. The normalized spacial score (nSPS) is 26.0. The minimum atomic E-state index is -0.646. The molecule has 5 heteroatoms. The Labute approximate surface area is 153 Å². The molecule has 25 heavy (non-hydrogen) atoms. The second kappa shape index (κ2) is 8.83. The minimum Gasteiger partial charge on any atom is -0.389 e. The molecule has 4 atom stereocenters. The first kappa shape index (κ1) is 18.4. The van der Waals surface area contributed by atoms with Gasteiger partial charge in [-0.1, -0.05) is 48.0 Å². The molecular weight excluding hydrogens is 336 g/mol. The lowest BCUT2D eigenvalue weighted by Gasteiger charge is -2.18. The van der Waals surface area contributed by atoms with Gasteiger partial charge in [-0.3, -0.25) is 0 Å². The van der Waals surface area contributed by atoms with E-state index in [2.05, 4.69) is 31.2 Å². The standard InChI is InChI=1S/C20H24O4S/c1-14-8-10-16(11-9-14)25-19-18(21)17(24-20(19)22-2)13-23-12-15-6-4-3-5-7-15/h3-11,17-21H,12-13H2,1-2H3/t17-,18-,19+,20+/m1/s1. The Hall–Kier alpha value is -1.37. The number of aliphatic hydroxyl groups excluding tert-OH is 1. The van der Waals surface area contributed by atoms with Crippen molar-refractivity contribution in [3.63, 3.8) is 0 Å². The van der Waals surface area contributed by atoms with Gasteiger partial charge in [-0.05, 0) is 24.6 Å². The lowest BCUT2D eigenvalue weighted by atomic mass is 10.2. The van der Waals surface area contributed by atoms with Crippen LogP contribution in [0.5, 0.6) is 0 Å². The zero-order valence-corrected chi connectivity index (χ0v) is 15.3. The van der Waals surface area contributed by atoms with Gasteiger partial charge < -0.3 is 19.3 Å². The molecule has 134 valence electrons. The van der Waals surface area contributed by atoms with E-state index in [1.165, 1.54) is 5.56 Å². The number of thioether (sulfide) groups is 1. The fraction of sp³-hybridized carbons (Fsp3) is 0.400. The van der Waals surface area contributed by atoms with E-state index in [1.54, 1.807) is 18.9 Å². The highest BCUT2D eigenvalue weighted by atomic mass is 32.2. The van der Waals surface area contributed by atoms with Crippen LogP contribution in [0.25, 0.3) is 0 Å². The largest absolute Gasteiger partial charge is 0.389 e. The van der Waals surface area contributed by atoms with E-state index in [9.17, 15) is 5.11 Å². The van der Waals surface area contributed by atoms with Crippen LogP contribution in [0, 0.1) is 6.92 Å². The van der Waals surface area contributed by atoms with E-state index in [0.29, 0.717) is 13.2 Å². The number of benzene rings is 2. The molecular formula is C20H24O4S. The van der Waals surface area contributed by atoms with Crippen molar-refractivity contribution in [2.45, 2.75) is 42.2 Å². The molecule has 1 heterocycles.